The molecule has 0 fully saturated rings. The highest BCUT2D eigenvalue weighted by molar-refractivity contribution is 4.91. The van der Waals surface area contributed by atoms with E-state index in [1.807, 2.05) is 7.05 Å². The Morgan fingerprint density at radius 1 is 1.75 bits per heavy atom. The van der Waals surface area contributed by atoms with Crippen LogP contribution in [0.5, 0.6) is 0 Å². The van der Waals surface area contributed by atoms with Gasteiger partial charge in [-0.3, -0.25) is 4.68 Å². The molecule has 8 heavy (non-hydrogen) atoms. The van der Waals surface area contributed by atoms with E-state index >= 15 is 0 Å². The van der Waals surface area contributed by atoms with E-state index in [9.17, 15) is 0 Å². The lowest BCUT2D eigenvalue weighted by atomic mass is 10.4. The van der Waals surface area contributed by atoms with Crippen LogP contribution < -0.4 is 0 Å². The molecule has 1 aromatic rings. The number of hydrogen-bond donors (Lipinski definition) is 0. The minimum Gasteiger partial charge on any atom is -0.252 e. The number of nitrogens with zero attached hydrogens (tertiary/aromatic N) is 3. The Labute approximate surface area is 48.3 Å². The Kier molecular flexibility index (Phi) is 1.28. The average Bonchev–Trinajstić information content (AvgIpc) is 2.14. The maximum atomic E-state index is 3.75. The zero-order valence-electron chi connectivity index (χ0n) is 5.13. The second kappa shape index (κ2) is 1.94. The molecule has 1 rings (SSSR count). The maximum absolute atomic E-state index is 3.75. The van der Waals surface area contributed by atoms with Crippen molar-refractivity contribution in [3.8, 4) is 0 Å². The van der Waals surface area contributed by atoms with Gasteiger partial charge in [-0.2, -0.15) is 0 Å². The van der Waals surface area contributed by atoms with Gasteiger partial charge in [0, 0.05) is 7.05 Å². The van der Waals surface area contributed by atoms with E-state index in [0.717, 1.165) is 6.42 Å². The first kappa shape index (κ1) is 5.28. The molecule has 3 heteroatoms. The molecule has 0 saturated carbocycles. The second-order valence-corrected chi connectivity index (χ2v) is 1.70. The molecule has 0 bridgehead atoms. The first-order valence-electron chi connectivity index (χ1n) is 2.68. The van der Waals surface area contributed by atoms with Crippen molar-refractivity contribution in [2.75, 3.05) is 0 Å². The zero-order valence-corrected chi connectivity index (χ0v) is 5.13. The Bertz CT molecular complexity index is 168. The summed E-state index contributed by atoms with van der Waals surface area (Å²) >= 11 is 0. The molecule has 0 N–H and O–H groups in total. The molecular weight excluding hydrogens is 102 g/mol. The highest BCUT2D eigenvalue weighted by Crippen LogP contribution is 1.91. The van der Waals surface area contributed by atoms with E-state index in [1.54, 1.807) is 10.9 Å². The molecule has 0 unspecified atom stereocenters. The topological polar surface area (TPSA) is 30.7 Å². The summed E-state index contributed by atoms with van der Waals surface area (Å²) in [5.41, 5.74) is 1.17. The summed E-state index contributed by atoms with van der Waals surface area (Å²) in [7, 11) is 1.89. The smallest absolute Gasteiger partial charge is 0.0724 e. The third-order valence-corrected chi connectivity index (χ3v) is 1.17. The van der Waals surface area contributed by atoms with Gasteiger partial charge in [-0.25, -0.2) is 0 Å². The van der Waals surface area contributed by atoms with Crippen LogP contribution in [-0.4, -0.2) is 15.0 Å². The minimum atomic E-state index is 1.00. The Morgan fingerprint density at radius 2 is 2.50 bits per heavy atom. The monoisotopic (exact) mass is 111 g/mol. The van der Waals surface area contributed by atoms with Crippen LogP contribution >= 0.6 is 0 Å². The summed E-state index contributed by atoms with van der Waals surface area (Å²) in [5, 5.41) is 7.46. The lowest BCUT2D eigenvalue weighted by Gasteiger charge is -1.90. The van der Waals surface area contributed by atoms with E-state index in [4.69, 9.17) is 0 Å². The highest BCUT2D eigenvalue weighted by atomic mass is 15.4. The largest absolute Gasteiger partial charge is 0.252 e. The van der Waals surface area contributed by atoms with E-state index < -0.39 is 0 Å². The van der Waals surface area contributed by atoms with Gasteiger partial charge in [-0.1, -0.05) is 12.1 Å². The van der Waals surface area contributed by atoms with Crippen molar-refractivity contribution in [3.05, 3.63) is 11.9 Å². The van der Waals surface area contributed by atoms with Crippen LogP contribution in [0.15, 0.2) is 6.20 Å². The molecule has 0 aliphatic rings. The van der Waals surface area contributed by atoms with Gasteiger partial charge in [0.2, 0.25) is 0 Å². The van der Waals surface area contributed by atoms with Crippen LogP contribution in [0.2, 0.25) is 0 Å². The van der Waals surface area contributed by atoms with Crippen LogP contribution in [0.3, 0.4) is 0 Å². The lowest BCUT2D eigenvalue weighted by molar-refractivity contribution is 0.682. The standard InChI is InChI=1S/C5H9N3/c1-3-5-4-6-7-8(5)2/h4H,3H2,1-2H3. The first-order valence-corrected chi connectivity index (χ1v) is 2.68. The van der Waals surface area contributed by atoms with E-state index in [0.29, 0.717) is 0 Å². The molecule has 0 aliphatic carbocycles. The predicted molar refractivity (Wildman–Crippen MR) is 30.4 cm³/mol. The molecule has 0 atom stereocenters. The van der Waals surface area contributed by atoms with Crippen LogP contribution in [0.25, 0.3) is 0 Å². The lowest BCUT2D eigenvalue weighted by Crippen LogP contribution is -1.95. The maximum Gasteiger partial charge on any atom is 0.0724 e. The molecule has 1 heterocycles. The van der Waals surface area contributed by atoms with Crippen molar-refractivity contribution in [2.24, 2.45) is 7.05 Å². The van der Waals surface area contributed by atoms with Crippen molar-refractivity contribution in [2.45, 2.75) is 13.3 Å². The SMILES string of the molecule is CCc1cnnn1C. The third kappa shape index (κ3) is 0.710. The molecule has 0 amide bonds. The number of aromatic nitrogens is 3. The quantitative estimate of drug-likeness (QED) is 0.524. The summed E-state index contributed by atoms with van der Waals surface area (Å²) < 4.78 is 1.78. The fraction of sp³-hybridized carbons (Fsp3) is 0.600. The van der Waals surface area contributed by atoms with Crippen LogP contribution in [0, 0.1) is 0 Å². The zero-order chi connectivity index (χ0) is 5.98. The fourth-order valence-electron chi connectivity index (χ4n) is 0.631. The van der Waals surface area contributed by atoms with Crippen LogP contribution in [-0.2, 0) is 13.5 Å². The van der Waals surface area contributed by atoms with Crippen molar-refractivity contribution >= 4 is 0 Å². The predicted octanol–water partition coefficient (Wildman–Crippen LogP) is 0.377. The van der Waals surface area contributed by atoms with Gasteiger partial charge in [-0.05, 0) is 6.42 Å². The number of aryl methyl sites for hydroxylation is 2. The number of hydrogen-bond acceptors (Lipinski definition) is 2. The van der Waals surface area contributed by atoms with Crippen molar-refractivity contribution in [1.82, 2.24) is 15.0 Å². The Morgan fingerprint density at radius 3 is 2.75 bits per heavy atom. The highest BCUT2D eigenvalue weighted by Gasteiger charge is 1.91. The van der Waals surface area contributed by atoms with Gasteiger partial charge in [-0.15, -0.1) is 5.10 Å². The van der Waals surface area contributed by atoms with E-state index in [1.165, 1.54) is 5.69 Å². The van der Waals surface area contributed by atoms with Gasteiger partial charge in [0.05, 0.1) is 11.9 Å². The van der Waals surface area contributed by atoms with Gasteiger partial charge in [0.25, 0.3) is 0 Å². The normalized spacial score (nSPS) is 9.75. The van der Waals surface area contributed by atoms with Crippen molar-refractivity contribution < 1.29 is 0 Å². The minimum absolute atomic E-state index is 1.00. The van der Waals surface area contributed by atoms with Gasteiger partial charge < -0.3 is 0 Å². The third-order valence-electron chi connectivity index (χ3n) is 1.17. The summed E-state index contributed by atoms with van der Waals surface area (Å²) in [4.78, 5) is 0. The van der Waals surface area contributed by atoms with Crippen molar-refractivity contribution in [1.29, 1.82) is 0 Å². The van der Waals surface area contributed by atoms with Gasteiger partial charge in [0.15, 0.2) is 0 Å². The van der Waals surface area contributed by atoms with Gasteiger partial charge >= 0.3 is 0 Å². The summed E-state index contributed by atoms with van der Waals surface area (Å²) in [6, 6.07) is 0. The first-order chi connectivity index (χ1) is 3.84. The summed E-state index contributed by atoms with van der Waals surface area (Å²) in [5.74, 6) is 0. The van der Waals surface area contributed by atoms with Crippen LogP contribution in [0.1, 0.15) is 12.6 Å². The van der Waals surface area contributed by atoms with E-state index in [-0.39, 0.29) is 0 Å². The molecule has 0 spiro atoms. The summed E-state index contributed by atoms with van der Waals surface area (Å²) in [6.45, 7) is 2.08. The Balaban J connectivity index is 2.92. The molecule has 44 valence electrons. The molecule has 0 aliphatic heterocycles. The molecular formula is C5H9N3. The molecule has 0 saturated heterocycles. The van der Waals surface area contributed by atoms with Crippen LogP contribution in [0.4, 0.5) is 0 Å². The number of rotatable bonds is 1. The average molecular weight is 111 g/mol. The summed E-state index contributed by atoms with van der Waals surface area (Å²) in [6.07, 6.45) is 2.78. The van der Waals surface area contributed by atoms with Gasteiger partial charge in [0.1, 0.15) is 0 Å². The molecule has 3 nitrogen and oxygen atoms in total. The molecule has 0 aromatic carbocycles. The van der Waals surface area contributed by atoms with Crippen molar-refractivity contribution in [3.63, 3.8) is 0 Å². The Hall–Kier alpha value is -0.860. The van der Waals surface area contributed by atoms with E-state index in [2.05, 4.69) is 17.2 Å². The molecule has 1 aromatic heterocycles. The molecule has 0 radical (unpaired) electrons. The second-order valence-electron chi connectivity index (χ2n) is 1.70. The fourth-order valence-corrected chi connectivity index (χ4v) is 0.631.